The van der Waals surface area contributed by atoms with Crippen LogP contribution >= 0.6 is 0 Å². The predicted molar refractivity (Wildman–Crippen MR) is 144 cm³/mol. The maximum atomic E-state index is 13.7. The summed E-state index contributed by atoms with van der Waals surface area (Å²) in [7, 11) is 4.36. The number of amides is 3. The Bertz CT molecular complexity index is 766. The molecule has 1 aliphatic heterocycles. The van der Waals surface area contributed by atoms with Gasteiger partial charge in [-0.3, -0.25) is 19.2 Å². The minimum Gasteiger partial charge on any atom is -0.468 e. The summed E-state index contributed by atoms with van der Waals surface area (Å²) in [6.45, 7) is 8.70. The number of nitrogens with zero attached hydrogens (tertiary/aromatic N) is 2. The summed E-state index contributed by atoms with van der Waals surface area (Å²) < 4.78 is 16.2. The van der Waals surface area contributed by atoms with E-state index >= 15 is 0 Å². The average Bonchev–Trinajstić information content (AvgIpc) is 3.41. The third-order valence-corrected chi connectivity index (χ3v) is 7.71. The number of rotatable bonds is 17. The highest BCUT2D eigenvalue weighted by Gasteiger charge is 2.42. The number of esters is 1. The second-order valence-electron chi connectivity index (χ2n) is 10.1. The van der Waals surface area contributed by atoms with E-state index in [1.807, 2.05) is 0 Å². The van der Waals surface area contributed by atoms with Gasteiger partial charge in [0.25, 0.3) is 0 Å². The number of nitrogens with one attached hydrogen (secondary N) is 1. The molecule has 6 atom stereocenters. The van der Waals surface area contributed by atoms with Crippen LogP contribution in [0.5, 0.6) is 0 Å². The highest BCUT2D eigenvalue weighted by molar-refractivity contribution is 5.84. The number of nitrogens with two attached hydrogens (primary N) is 1. The number of carbonyl (C=O) groups is 4. The summed E-state index contributed by atoms with van der Waals surface area (Å²) in [6, 6.07) is -0.591. The molecule has 0 spiro atoms. The van der Waals surface area contributed by atoms with Gasteiger partial charge in [0.05, 0.1) is 50.3 Å². The van der Waals surface area contributed by atoms with Crippen LogP contribution in [0.3, 0.4) is 0 Å². The van der Waals surface area contributed by atoms with Crippen molar-refractivity contribution in [1.29, 1.82) is 0 Å². The molecule has 0 aliphatic carbocycles. The largest absolute Gasteiger partial charge is 0.468 e. The second kappa shape index (κ2) is 17.4. The van der Waals surface area contributed by atoms with Crippen molar-refractivity contribution in [3.8, 4) is 0 Å². The van der Waals surface area contributed by atoms with Crippen molar-refractivity contribution in [1.82, 2.24) is 15.1 Å². The van der Waals surface area contributed by atoms with Crippen molar-refractivity contribution in [3.63, 3.8) is 0 Å². The van der Waals surface area contributed by atoms with Crippen molar-refractivity contribution in [2.24, 2.45) is 17.6 Å². The molecule has 1 saturated heterocycles. The van der Waals surface area contributed by atoms with Crippen molar-refractivity contribution >= 4 is 23.7 Å². The molecule has 3 N–H and O–H groups in total. The van der Waals surface area contributed by atoms with Crippen molar-refractivity contribution in [3.05, 3.63) is 0 Å². The summed E-state index contributed by atoms with van der Waals surface area (Å²) >= 11 is 0. The molecule has 11 heteroatoms. The van der Waals surface area contributed by atoms with E-state index in [2.05, 4.69) is 30.8 Å². The first-order valence-corrected chi connectivity index (χ1v) is 13.8. The first-order valence-electron chi connectivity index (χ1n) is 13.8. The Hall–Kier alpha value is -2.24. The van der Waals surface area contributed by atoms with Crippen LogP contribution in [0.4, 0.5) is 0 Å². The molecule has 0 aromatic carbocycles. The van der Waals surface area contributed by atoms with Gasteiger partial charge in [0.15, 0.2) is 0 Å². The van der Waals surface area contributed by atoms with Gasteiger partial charge in [-0.05, 0) is 25.2 Å². The monoisotopic (exact) mass is 542 g/mol. The van der Waals surface area contributed by atoms with Crippen LogP contribution in [-0.2, 0) is 33.4 Å². The lowest BCUT2D eigenvalue weighted by molar-refractivity contribution is -0.147. The highest BCUT2D eigenvalue weighted by Crippen LogP contribution is 2.29. The molecule has 38 heavy (non-hydrogen) atoms. The van der Waals surface area contributed by atoms with E-state index in [-0.39, 0.29) is 55.2 Å². The summed E-state index contributed by atoms with van der Waals surface area (Å²) in [5.41, 5.74) is 5.75. The fraction of sp³-hybridized carbons (Fsp3) is 0.852. The Morgan fingerprint density at radius 3 is 2.32 bits per heavy atom. The van der Waals surface area contributed by atoms with E-state index < -0.39 is 24.1 Å². The number of hydrogen-bond acceptors (Lipinski definition) is 8. The SMILES string of the molecule is CCCCN(C(=O)CN)[C@@H]([C@@H](C)CC)[C@@H](CC(=O)N1CCC[C@H]1[C@H](OC)[C@@H](C)C(=O)NCC(=O)OC)OC. The van der Waals surface area contributed by atoms with Crippen molar-refractivity contribution in [2.45, 2.75) is 90.5 Å². The molecule has 0 aromatic heterocycles. The number of ether oxygens (including phenoxy) is 3. The molecule has 220 valence electrons. The van der Waals surface area contributed by atoms with E-state index in [9.17, 15) is 19.2 Å². The van der Waals surface area contributed by atoms with Crippen LogP contribution in [-0.4, -0.2) is 105 Å². The zero-order valence-electron chi connectivity index (χ0n) is 24.4. The van der Waals surface area contributed by atoms with Gasteiger partial charge >= 0.3 is 5.97 Å². The Morgan fingerprint density at radius 1 is 1.11 bits per heavy atom. The molecule has 11 nitrogen and oxygen atoms in total. The molecule has 0 unspecified atom stereocenters. The fourth-order valence-corrected chi connectivity index (χ4v) is 5.31. The Labute approximate surface area is 228 Å². The normalized spacial score (nSPS) is 19.3. The molecule has 0 radical (unpaired) electrons. The van der Waals surface area contributed by atoms with E-state index in [4.69, 9.17) is 15.2 Å². The maximum absolute atomic E-state index is 13.7. The molecule has 1 heterocycles. The van der Waals surface area contributed by atoms with Gasteiger partial charge < -0.3 is 35.1 Å². The van der Waals surface area contributed by atoms with Gasteiger partial charge in [0, 0.05) is 27.3 Å². The molecule has 0 aromatic rings. The Balaban J connectivity index is 3.11. The third kappa shape index (κ3) is 9.20. The third-order valence-electron chi connectivity index (χ3n) is 7.71. The van der Waals surface area contributed by atoms with Gasteiger partial charge in [-0.1, -0.05) is 40.5 Å². The van der Waals surface area contributed by atoms with Gasteiger partial charge in [0.1, 0.15) is 6.54 Å². The van der Waals surface area contributed by atoms with Crippen LogP contribution in [0, 0.1) is 11.8 Å². The van der Waals surface area contributed by atoms with Gasteiger partial charge in [-0.25, -0.2) is 0 Å². The van der Waals surface area contributed by atoms with Crippen LogP contribution in [0.25, 0.3) is 0 Å². The second-order valence-corrected chi connectivity index (χ2v) is 10.1. The molecule has 0 saturated carbocycles. The van der Waals surface area contributed by atoms with Gasteiger partial charge in [-0.15, -0.1) is 0 Å². The van der Waals surface area contributed by atoms with E-state index in [1.54, 1.807) is 23.8 Å². The standard InChI is InChI=1S/C27H50N4O7/c1-8-10-13-31(23(33)16-28)25(18(3)9-2)21(36-5)15-22(32)30-14-11-12-20(30)26(38-7)19(4)27(35)29-17-24(34)37-6/h18-21,25-26H,8-17,28H2,1-7H3,(H,29,35)/t18-,19+,20-,21+,25-,26+/m0/s1. The minimum atomic E-state index is -0.596. The molecule has 3 amide bonds. The Kier molecular flexibility index (Phi) is 15.4. The molecule has 1 rings (SSSR count). The molecule has 0 bridgehead atoms. The fourth-order valence-electron chi connectivity index (χ4n) is 5.31. The van der Waals surface area contributed by atoms with Crippen LogP contribution < -0.4 is 11.1 Å². The highest BCUT2D eigenvalue weighted by atomic mass is 16.5. The minimum absolute atomic E-state index is 0.0965. The first-order chi connectivity index (χ1) is 18.1. The lowest BCUT2D eigenvalue weighted by atomic mass is 9.89. The quantitative estimate of drug-likeness (QED) is 0.262. The summed E-state index contributed by atoms with van der Waals surface area (Å²) in [6.07, 6.45) is 3.10. The van der Waals surface area contributed by atoms with Crippen LogP contribution in [0.2, 0.25) is 0 Å². The molecule has 1 fully saturated rings. The topological polar surface area (TPSA) is 140 Å². The molecular weight excluding hydrogens is 492 g/mol. The van der Waals surface area contributed by atoms with Crippen LogP contribution in [0.1, 0.15) is 66.2 Å². The van der Waals surface area contributed by atoms with E-state index in [1.165, 1.54) is 14.2 Å². The van der Waals surface area contributed by atoms with Gasteiger partial charge in [0.2, 0.25) is 17.7 Å². The van der Waals surface area contributed by atoms with E-state index in [0.717, 1.165) is 25.7 Å². The zero-order chi connectivity index (χ0) is 28.8. The molecule has 1 aliphatic rings. The summed E-state index contributed by atoms with van der Waals surface area (Å²) in [5, 5.41) is 2.57. The van der Waals surface area contributed by atoms with Crippen molar-refractivity contribution < 1.29 is 33.4 Å². The number of hydrogen-bond donors (Lipinski definition) is 2. The summed E-state index contributed by atoms with van der Waals surface area (Å²) in [4.78, 5) is 54.2. The predicted octanol–water partition coefficient (Wildman–Crippen LogP) is 1.32. The smallest absolute Gasteiger partial charge is 0.325 e. The molecular formula is C27H50N4O7. The number of unbranched alkanes of at least 4 members (excludes halogenated alkanes) is 1. The maximum Gasteiger partial charge on any atom is 0.325 e. The van der Waals surface area contributed by atoms with E-state index in [0.29, 0.717) is 19.5 Å². The van der Waals surface area contributed by atoms with Crippen molar-refractivity contribution in [2.75, 3.05) is 47.5 Å². The van der Waals surface area contributed by atoms with Crippen LogP contribution in [0.15, 0.2) is 0 Å². The number of likely N-dealkylation sites (tertiary alicyclic amines) is 1. The Morgan fingerprint density at radius 2 is 1.79 bits per heavy atom. The number of carbonyl (C=O) groups excluding carboxylic acids is 4. The first kappa shape index (κ1) is 33.8. The van der Waals surface area contributed by atoms with Gasteiger partial charge in [-0.2, -0.15) is 0 Å². The lowest BCUT2D eigenvalue weighted by Gasteiger charge is -2.41. The summed E-state index contributed by atoms with van der Waals surface area (Å²) in [5.74, 6) is -1.64. The zero-order valence-corrected chi connectivity index (χ0v) is 24.4. The average molecular weight is 543 g/mol. The lowest BCUT2D eigenvalue weighted by Crippen LogP contribution is -2.55. The number of methoxy groups -OCH3 is 3.